The summed E-state index contributed by atoms with van der Waals surface area (Å²) in [5.74, 6) is -2.03. The first kappa shape index (κ1) is 39.2. The van der Waals surface area contributed by atoms with E-state index in [0.717, 1.165) is 80.9 Å². The number of carbonyl (C=O) groups is 3. The maximum atomic E-state index is 14.2. The highest BCUT2D eigenvalue weighted by Gasteiger charge is 2.40. The maximum absolute atomic E-state index is 14.2. The minimum atomic E-state index is -4.84. The van der Waals surface area contributed by atoms with Gasteiger partial charge >= 0.3 is 6.18 Å². The Labute approximate surface area is 333 Å². The number of halogens is 4. The van der Waals surface area contributed by atoms with Crippen LogP contribution in [-0.2, 0) is 22.3 Å². The number of imide groups is 1. The molecule has 0 radical (unpaired) electrons. The fourth-order valence-electron chi connectivity index (χ4n) is 8.65. The van der Waals surface area contributed by atoms with Crippen LogP contribution in [0.2, 0.25) is 0 Å². The van der Waals surface area contributed by atoms with E-state index in [9.17, 15) is 37.1 Å². The van der Waals surface area contributed by atoms with Gasteiger partial charge in [0.25, 0.3) is 5.91 Å². The third kappa shape index (κ3) is 8.20. The summed E-state index contributed by atoms with van der Waals surface area (Å²) >= 11 is 0. The van der Waals surface area contributed by atoms with E-state index in [1.54, 1.807) is 11.0 Å². The molecule has 4 aliphatic rings. The average molecular weight is 801 g/mol. The van der Waals surface area contributed by atoms with E-state index in [1.807, 2.05) is 36.4 Å². The molecule has 3 atom stereocenters. The van der Waals surface area contributed by atoms with E-state index in [0.29, 0.717) is 47.8 Å². The third-order valence-corrected chi connectivity index (χ3v) is 11.7. The molecule has 2 N–H and O–H groups in total. The van der Waals surface area contributed by atoms with E-state index >= 15 is 0 Å². The molecule has 2 saturated heterocycles. The quantitative estimate of drug-likeness (QED) is 0.0950. The second-order valence-electron chi connectivity index (χ2n) is 15.4. The number of piperazine rings is 1. The number of unbranched alkanes of at least 4 members (excludes halogenated alkanes) is 2. The molecule has 1 unspecified atom stereocenters. The van der Waals surface area contributed by atoms with Crippen molar-refractivity contribution in [2.24, 2.45) is 0 Å². The zero-order chi connectivity index (χ0) is 40.6. The number of aromatic hydroxyl groups is 1. The Hall–Kier alpha value is -5.63. The van der Waals surface area contributed by atoms with Gasteiger partial charge in [0.2, 0.25) is 11.8 Å². The number of phenols is 1. The highest BCUT2D eigenvalue weighted by Crippen LogP contribution is 2.48. The third-order valence-electron chi connectivity index (χ3n) is 11.7. The van der Waals surface area contributed by atoms with Crippen molar-refractivity contribution in [3.05, 3.63) is 118 Å². The minimum Gasteiger partial charge on any atom is -0.508 e. The number of benzene rings is 4. The second kappa shape index (κ2) is 16.3. The monoisotopic (exact) mass is 800 g/mol. The number of hydrogen-bond donors (Lipinski definition) is 2. The number of anilines is 1. The predicted molar refractivity (Wildman–Crippen MR) is 207 cm³/mol. The first-order valence-electron chi connectivity index (χ1n) is 19.7. The van der Waals surface area contributed by atoms with E-state index < -0.39 is 41.3 Å². The van der Waals surface area contributed by atoms with Crippen LogP contribution in [0.15, 0.2) is 78.9 Å². The zero-order valence-corrected chi connectivity index (χ0v) is 31.8. The lowest BCUT2D eigenvalue weighted by molar-refractivity contribution is -0.140. The van der Waals surface area contributed by atoms with Gasteiger partial charge in [0.1, 0.15) is 29.1 Å². The van der Waals surface area contributed by atoms with Gasteiger partial charge in [-0.1, -0.05) is 24.3 Å². The Morgan fingerprint density at radius 2 is 1.64 bits per heavy atom. The molecule has 2 fully saturated rings. The Balaban J connectivity index is 0.799. The molecule has 4 aromatic rings. The van der Waals surface area contributed by atoms with E-state index in [1.165, 1.54) is 18.2 Å². The van der Waals surface area contributed by atoms with Crippen molar-refractivity contribution >= 4 is 23.4 Å². The summed E-state index contributed by atoms with van der Waals surface area (Å²) in [4.78, 5) is 43.4. The van der Waals surface area contributed by atoms with Gasteiger partial charge in [0.05, 0.1) is 18.8 Å². The van der Waals surface area contributed by atoms with Crippen molar-refractivity contribution in [3.63, 3.8) is 0 Å². The molecule has 14 heteroatoms. The van der Waals surface area contributed by atoms with E-state index in [-0.39, 0.29) is 30.6 Å². The highest BCUT2D eigenvalue weighted by atomic mass is 19.4. The molecular weight excluding hydrogens is 756 g/mol. The van der Waals surface area contributed by atoms with Crippen LogP contribution in [0.1, 0.15) is 82.1 Å². The molecule has 0 saturated carbocycles. The first-order valence-corrected chi connectivity index (χ1v) is 19.7. The van der Waals surface area contributed by atoms with Crippen molar-refractivity contribution in [1.29, 1.82) is 0 Å². The van der Waals surface area contributed by atoms with Gasteiger partial charge in [-0.2, -0.15) is 13.2 Å². The number of nitrogens with one attached hydrogen (secondary N) is 1. The molecular formula is C44H44F4N4O6. The lowest BCUT2D eigenvalue weighted by Gasteiger charge is -2.36. The van der Waals surface area contributed by atoms with Crippen LogP contribution < -0.4 is 19.7 Å². The fraction of sp³-hybridized carbons (Fsp3) is 0.386. The lowest BCUT2D eigenvalue weighted by atomic mass is 9.75. The predicted octanol–water partition coefficient (Wildman–Crippen LogP) is 6.99. The average Bonchev–Trinajstić information content (AvgIpc) is 3.53. The maximum Gasteiger partial charge on any atom is 0.419 e. The summed E-state index contributed by atoms with van der Waals surface area (Å²) in [6, 6.07) is 20.5. The summed E-state index contributed by atoms with van der Waals surface area (Å²) in [5, 5.41) is 12.4. The number of phenolic OH excluding ortho intramolecular Hbond substituents is 1. The van der Waals surface area contributed by atoms with Crippen molar-refractivity contribution in [2.75, 3.05) is 50.8 Å². The molecule has 58 heavy (non-hydrogen) atoms. The van der Waals surface area contributed by atoms with Crippen molar-refractivity contribution in [1.82, 2.24) is 15.1 Å². The van der Waals surface area contributed by atoms with Crippen molar-refractivity contribution in [3.8, 4) is 17.2 Å². The second-order valence-corrected chi connectivity index (χ2v) is 15.4. The zero-order valence-electron chi connectivity index (χ0n) is 31.8. The molecule has 3 amide bonds. The number of piperidine rings is 1. The van der Waals surface area contributed by atoms with Gasteiger partial charge in [0.15, 0.2) is 0 Å². The number of hydrogen-bond acceptors (Lipinski definition) is 8. The number of ether oxygens (including phenoxy) is 2. The first-order chi connectivity index (χ1) is 27.9. The van der Waals surface area contributed by atoms with Gasteiger partial charge in [-0.05, 0) is 97.4 Å². The van der Waals surface area contributed by atoms with Gasteiger partial charge in [-0.25, -0.2) is 4.39 Å². The largest absolute Gasteiger partial charge is 0.508 e. The molecule has 8 rings (SSSR count). The summed E-state index contributed by atoms with van der Waals surface area (Å²) < 4.78 is 67.0. The number of fused-ring (bicyclic) bond motifs is 2. The molecule has 304 valence electrons. The molecule has 0 aromatic heterocycles. The SMILES string of the molecule is O=C1CCC(N2Cc3cc(N4CCN(CCCCCOc5ccc([C@H]6c7ccc(O)cc7OC[C@H]6c6ccc(F)c(C(F)(F)F)c6)cc5)CC4)ccc3C2=O)C(=O)N1. The van der Waals surface area contributed by atoms with Crippen LogP contribution >= 0.6 is 0 Å². The molecule has 0 bridgehead atoms. The number of rotatable bonds is 11. The lowest BCUT2D eigenvalue weighted by Crippen LogP contribution is -2.52. The number of alkyl halides is 3. The van der Waals surface area contributed by atoms with Crippen LogP contribution in [0, 0.1) is 5.82 Å². The Kier molecular flexibility index (Phi) is 11.0. The fourth-order valence-corrected chi connectivity index (χ4v) is 8.65. The molecule has 0 spiro atoms. The summed E-state index contributed by atoms with van der Waals surface area (Å²) in [5.41, 5.74) is 3.10. The Bertz CT molecular complexity index is 2190. The van der Waals surface area contributed by atoms with Gasteiger partial charge in [-0.15, -0.1) is 0 Å². The van der Waals surface area contributed by atoms with E-state index in [4.69, 9.17) is 9.47 Å². The Morgan fingerprint density at radius 3 is 2.40 bits per heavy atom. The topological polar surface area (TPSA) is 112 Å². The van der Waals surface area contributed by atoms with Crippen molar-refractivity contribution < 1.29 is 46.5 Å². The number of carbonyl (C=O) groups excluding carboxylic acids is 3. The van der Waals surface area contributed by atoms with Gasteiger partial charge in [-0.3, -0.25) is 24.6 Å². The Morgan fingerprint density at radius 1 is 0.862 bits per heavy atom. The summed E-state index contributed by atoms with van der Waals surface area (Å²) in [7, 11) is 0. The van der Waals surface area contributed by atoms with Crippen LogP contribution in [0.5, 0.6) is 17.2 Å². The summed E-state index contributed by atoms with van der Waals surface area (Å²) in [6.45, 7) is 5.49. The van der Waals surface area contributed by atoms with E-state index in [2.05, 4.69) is 21.2 Å². The number of amides is 3. The normalized spacial score (nSPS) is 21.0. The smallest absolute Gasteiger partial charge is 0.419 e. The molecule has 10 nitrogen and oxygen atoms in total. The molecule has 4 heterocycles. The van der Waals surface area contributed by atoms with Crippen LogP contribution in [0.4, 0.5) is 23.2 Å². The highest BCUT2D eigenvalue weighted by molar-refractivity contribution is 6.05. The van der Waals surface area contributed by atoms with Crippen LogP contribution in [0.25, 0.3) is 0 Å². The molecule has 4 aromatic carbocycles. The molecule has 4 aliphatic heterocycles. The number of nitrogens with zero attached hydrogens (tertiary/aromatic N) is 3. The van der Waals surface area contributed by atoms with Crippen LogP contribution in [0.3, 0.4) is 0 Å². The summed E-state index contributed by atoms with van der Waals surface area (Å²) in [6.07, 6.45) is -1.38. The minimum absolute atomic E-state index is 0.0125. The standard InChI is InChI=1S/C44H44F4N4O6/c45-37-13-6-28(23-36(37)44(46,47)48)35-26-58-39-24-31(53)8-12-34(39)41(35)27-4-9-32(10-5-27)57-21-3-1-2-16-50-17-19-51(20-18-50)30-7-11-33-29(22-30)25-52(43(33)56)38-14-15-40(54)49-42(38)55/h4-13,22-24,35,38,41,53H,1-3,14-21,25-26H2,(H,49,54,55)/t35-,38?,41-/m0/s1. The van der Waals surface area contributed by atoms with Crippen LogP contribution in [-0.4, -0.2) is 84.6 Å². The van der Waals surface area contributed by atoms with Gasteiger partial charge in [0, 0.05) is 73.9 Å². The molecule has 0 aliphatic carbocycles. The van der Waals surface area contributed by atoms with Gasteiger partial charge < -0.3 is 24.4 Å². The van der Waals surface area contributed by atoms with Crippen molar-refractivity contribution in [2.45, 2.75) is 62.7 Å².